The molecular weight excluding hydrogens is 260 g/mol. The highest BCUT2D eigenvalue weighted by Gasteiger charge is 2.57. The molecule has 19 heavy (non-hydrogen) atoms. The van der Waals surface area contributed by atoms with E-state index in [1.54, 1.807) is 14.1 Å². The first kappa shape index (κ1) is 13.1. The van der Waals surface area contributed by atoms with E-state index < -0.39 is 10.2 Å². The minimum Gasteiger partial charge on any atom is -0.202 e. The second-order valence-electron chi connectivity index (χ2n) is 5.85. The molecule has 104 valence electrons. The van der Waals surface area contributed by atoms with Gasteiger partial charge in [0.15, 0.2) is 0 Å². The van der Waals surface area contributed by atoms with Crippen LogP contribution in [0, 0.1) is 5.92 Å². The number of hydrogen-bond donors (Lipinski definition) is 1. The quantitative estimate of drug-likeness (QED) is 0.903. The molecule has 0 saturated heterocycles. The van der Waals surface area contributed by atoms with Crippen LogP contribution in [0.2, 0.25) is 0 Å². The molecule has 0 bridgehead atoms. The van der Waals surface area contributed by atoms with E-state index in [1.807, 2.05) is 0 Å². The minimum absolute atomic E-state index is 0.255. The van der Waals surface area contributed by atoms with Gasteiger partial charge in [-0.2, -0.15) is 12.7 Å². The predicted molar refractivity (Wildman–Crippen MR) is 75.2 cm³/mol. The lowest BCUT2D eigenvalue weighted by Gasteiger charge is -2.14. The van der Waals surface area contributed by atoms with Gasteiger partial charge >= 0.3 is 0 Å². The van der Waals surface area contributed by atoms with E-state index in [0.29, 0.717) is 12.5 Å². The molecule has 4 nitrogen and oxygen atoms in total. The average Bonchev–Trinajstić information content (AvgIpc) is 2.96. The van der Waals surface area contributed by atoms with E-state index in [-0.39, 0.29) is 5.41 Å². The van der Waals surface area contributed by atoms with Crippen LogP contribution in [0.3, 0.4) is 0 Å². The van der Waals surface area contributed by atoms with E-state index >= 15 is 0 Å². The van der Waals surface area contributed by atoms with Gasteiger partial charge in [0.05, 0.1) is 0 Å². The maximum Gasteiger partial charge on any atom is 0.278 e. The Kier molecular flexibility index (Phi) is 2.96. The molecule has 1 aromatic rings. The van der Waals surface area contributed by atoms with Crippen molar-refractivity contribution in [3.05, 3.63) is 35.4 Å². The third-order valence-electron chi connectivity index (χ3n) is 4.62. The molecule has 1 saturated carbocycles. The summed E-state index contributed by atoms with van der Waals surface area (Å²) in [4.78, 5) is 0. The molecule has 1 fully saturated rings. The summed E-state index contributed by atoms with van der Waals surface area (Å²) in [6.45, 7) is 0.550. The van der Waals surface area contributed by atoms with Gasteiger partial charge in [-0.05, 0) is 36.3 Å². The van der Waals surface area contributed by atoms with Gasteiger partial charge in [-0.3, -0.25) is 0 Å². The van der Waals surface area contributed by atoms with Gasteiger partial charge in [0.1, 0.15) is 0 Å². The molecule has 5 heteroatoms. The molecule has 1 spiro atoms. The van der Waals surface area contributed by atoms with Gasteiger partial charge in [0, 0.05) is 26.1 Å². The zero-order chi connectivity index (χ0) is 13.7. The summed E-state index contributed by atoms with van der Waals surface area (Å²) in [5, 5.41) is 0. The fourth-order valence-electron chi connectivity index (χ4n) is 3.34. The molecule has 3 rings (SSSR count). The van der Waals surface area contributed by atoms with E-state index in [4.69, 9.17) is 0 Å². The van der Waals surface area contributed by atoms with Crippen molar-refractivity contribution in [3.8, 4) is 0 Å². The number of rotatable bonds is 4. The smallest absolute Gasteiger partial charge is 0.202 e. The molecule has 0 amide bonds. The van der Waals surface area contributed by atoms with Crippen molar-refractivity contribution < 1.29 is 8.42 Å². The van der Waals surface area contributed by atoms with E-state index in [9.17, 15) is 8.42 Å². The van der Waals surface area contributed by atoms with Crippen LogP contribution >= 0.6 is 0 Å². The summed E-state index contributed by atoms with van der Waals surface area (Å²) in [6.07, 6.45) is 3.41. The third kappa shape index (κ3) is 2.10. The topological polar surface area (TPSA) is 49.4 Å². The number of hydrogen-bond acceptors (Lipinski definition) is 2. The zero-order valence-electron chi connectivity index (χ0n) is 11.4. The van der Waals surface area contributed by atoms with Gasteiger partial charge in [-0.1, -0.05) is 24.3 Å². The van der Waals surface area contributed by atoms with Gasteiger partial charge < -0.3 is 0 Å². The highest BCUT2D eigenvalue weighted by Crippen LogP contribution is 2.61. The molecule has 2 atom stereocenters. The van der Waals surface area contributed by atoms with Crippen LogP contribution in [0.15, 0.2) is 24.3 Å². The van der Waals surface area contributed by atoms with Gasteiger partial charge in [0.2, 0.25) is 0 Å². The van der Waals surface area contributed by atoms with Crippen LogP contribution in [0.25, 0.3) is 0 Å². The summed E-state index contributed by atoms with van der Waals surface area (Å²) < 4.78 is 27.4. The first-order chi connectivity index (χ1) is 8.96. The van der Waals surface area contributed by atoms with Crippen molar-refractivity contribution in [2.24, 2.45) is 5.92 Å². The molecule has 0 unspecified atom stereocenters. The maximum atomic E-state index is 11.7. The normalized spacial score (nSPS) is 28.9. The molecule has 0 aliphatic heterocycles. The largest absolute Gasteiger partial charge is 0.278 e. The first-order valence-electron chi connectivity index (χ1n) is 6.71. The van der Waals surface area contributed by atoms with Crippen molar-refractivity contribution in [1.29, 1.82) is 0 Å². The lowest BCUT2D eigenvalue weighted by molar-refractivity contribution is 0.496. The highest BCUT2D eigenvalue weighted by atomic mass is 32.2. The van der Waals surface area contributed by atoms with E-state index in [0.717, 1.165) is 12.8 Å². The third-order valence-corrected chi connectivity index (χ3v) is 6.11. The summed E-state index contributed by atoms with van der Waals surface area (Å²) >= 11 is 0. The Morgan fingerprint density at radius 2 is 2.11 bits per heavy atom. The summed E-state index contributed by atoms with van der Waals surface area (Å²) in [5.41, 5.74) is 3.15. The van der Waals surface area contributed by atoms with Crippen molar-refractivity contribution >= 4 is 10.2 Å². The number of nitrogens with zero attached hydrogens (tertiary/aromatic N) is 1. The highest BCUT2D eigenvalue weighted by molar-refractivity contribution is 7.87. The SMILES string of the molecule is CN(C)S(=O)(=O)NC[C@H]1C[C@@]12CCc1ccccc12. The zero-order valence-corrected chi connectivity index (χ0v) is 12.2. The lowest BCUT2D eigenvalue weighted by Crippen LogP contribution is -2.37. The van der Waals surface area contributed by atoms with Gasteiger partial charge in [0.25, 0.3) is 10.2 Å². The Morgan fingerprint density at radius 1 is 1.37 bits per heavy atom. The summed E-state index contributed by atoms with van der Waals surface area (Å²) in [7, 11) is -0.191. The van der Waals surface area contributed by atoms with Crippen LogP contribution in [-0.4, -0.2) is 33.4 Å². The number of benzene rings is 1. The number of fused-ring (bicyclic) bond motifs is 2. The molecule has 2 aliphatic rings. The molecular formula is C14H20N2O2S. The Morgan fingerprint density at radius 3 is 2.84 bits per heavy atom. The van der Waals surface area contributed by atoms with E-state index in [2.05, 4.69) is 29.0 Å². The standard InChI is InChI=1S/C14H20N2O2S/c1-16(2)19(17,18)15-10-12-9-14(12)8-7-11-5-3-4-6-13(11)14/h3-6,12,15H,7-10H2,1-2H3/t12-,14+/m1/s1. The van der Waals surface area contributed by atoms with Crippen LogP contribution in [0.5, 0.6) is 0 Å². The van der Waals surface area contributed by atoms with Crippen LogP contribution in [0.4, 0.5) is 0 Å². The van der Waals surface area contributed by atoms with Crippen molar-refractivity contribution in [2.75, 3.05) is 20.6 Å². The number of aryl methyl sites for hydroxylation is 1. The number of nitrogens with one attached hydrogen (secondary N) is 1. The average molecular weight is 280 g/mol. The van der Waals surface area contributed by atoms with Gasteiger partial charge in [-0.25, -0.2) is 4.72 Å². The van der Waals surface area contributed by atoms with Gasteiger partial charge in [-0.15, -0.1) is 0 Å². The monoisotopic (exact) mass is 280 g/mol. The molecule has 1 aromatic carbocycles. The Hall–Kier alpha value is -0.910. The molecule has 0 aromatic heterocycles. The lowest BCUT2D eigenvalue weighted by atomic mass is 9.95. The second-order valence-corrected chi connectivity index (χ2v) is 7.82. The van der Waals surface area contributed by atoms with Crippen LogP contribution in [-0.2, 0) is 22.0 Å². The second kappa shape index (κ2) is 4.30. The maximum absolute atomic E-state index is 11.7. The fourth-order valence-corrected chi connectivity index (χ4v) is 4.01. The minimum atomic E-state index is -3.29. The Balaban J connectivity index is 1.70. The summed E-state index contributed by atoms with van der Waals surface area (Å²) in [5.74, 6) is 0.450. The van der Waals surface area contributed by atoms with Crippen LogP contribution < -0.4 is 4.72 Å². The Bertz CT molecular complexity index is 597. The molecule has 1 N–H and O–H groups in total. The molecule has 0 heterocycles. The van der Waals surface area contributed by atoms with Crippen molar-refractivity contribution in [3.63, 3.8) is 0 Å². The Labute approximate surface area is 115 Å². The van der Waals surface area contributed by atoms with Crippen molar-refractivity contribution in [1.82, 2.24) is 9.03 Å². The summed E-state index contributed by atoms with van der Waals surface area (Å²) in [6, 6.07) is 8.58. The van der Waals surface area contributed by atoms with Crippen molar-refractivity contribution in [2.45, 2.75) is 24.7 Å². The molecule has 2 aliphatic carbocycles. The van der Waals surface area contributed by atoms with Crippen LogP contribution in [0.1, 0.15) is 24.0 Å². The van der Waals surface area contributed by atoms with E-state index in [1.165, 1.54) is 21.9 Å². The fraction of sp³-hybridized carbons (Fsp3) is 0.571. The predicted octanol–water partition coefficient (Wildman–Crippen LogP) is 1.29. The molecule has 0 radical (unpaired) electrons. The first-order valence-corrected chi connectivity index (χ1v) is 8.15.